The van der Waals surface area contributed by atoms with Crippen LogP contribution in [0.15, 0.2) is 48.5 Å². The van der Waals surface area contributed by atoms with Crippen molar-refractivity contribution >= 4 is 5.91 Å². The molecule has 0 aliphatic carbocycles. The van der Waals surface area contributed by atoms with E-state index in [1.807, 2.05) is 6.92 Å². The van der Waals surface area contributed by atoms with Crippen molar-refractivity contribution in [1.82, 2.24) is 5.32 Å². The topological polar surface area (TPSA) is 47.6 Å². The molecule has 0 heterocycles. The van der Waals surface area contributed by atoms with Gasteiger partial charge >= 0.3 is 0 Å². The van der Waals surface area contributed by atoms with E-state index < -0.39 is 0 Å². The van der Waals surface area contributed by atoms with Gasteiger partial charge in [-0.15, -0.1) is 0 Å². The molecule has 0 aromatic heterocycles. The Balaban J connectivity index is 4.67. The van der Waals surface area contributed by atoms with E-state index in [1.165, 1.54) is 12.3 Å². The molecule has 0 spiro atoms. The third kappa shape index (κ3) is 8.19. The molecule has 4 heteroatoms. The number of hydrogen-bond acceptors (Lipinski definition) is 3. The standard InChI is InChI=1S/C16H25NO3/c1-6-8-13(3)17-16(18)10-9-14(7-2)11-15(20-5)12-19-4/h7,9-13H,2,6,8H2,1,3-5H3,(H,17,18)/b10-9+,14-11+,15-12-. The fraction of sp³-hybridized carbons (Fsp3) is 0.438. The lowest BCUT2D eigenvalue weighted by Crippen LogP contribution is -2.30. The van der Waals surface area contributed by atoms with Crippen LogP contribution >= 0.6 is 0 Å². The van der Waals surface area contributed by atoms with Crippen LogP contribution in [0.1, 0.15) is 26.7 Å². The molecule has 1 atom stereocenters. The van der Waals surface area contributed by atoms with Gasteiger partial charge in [0.05, 0.1) is 14.2 Å². The Morgan fingerprint density at radius 1 is 1.35 bits per heavy atom. The summed E-state index contributed by atoms with van der Waals surface area (Å²) in [5, 5.41) is 2.89. The SMILES string of the molecule is C=CC(/C=C/C(=O)NC(C)CCC)=C\C(=C\OC)OC. The fourth-order valence-corrected chi connectivity index (χ4v) is 1.56. The van der Waals surface area contributed by atoms with E-state index in [0.717, 1.165) is 18.4 Å². The number of allylic oxidation sites excluding steroid dienone is 4. The third-order valence-electron chi connectivity index (χ3n) is 2.55. The van der Waals surface area contributed by atoms with Crippen molar-refractivity contribution in [1.29, 1.82) is 0 Å². The first-order valence-electron chi connectivity index (χ1n) is 6.67. The van der Waals surface area contributed by atoms with Crippen molar-refractivity contribution in [2.75, 3.05) is 14.2 Å². The zero-order valence-corrected chi connectivity index (χ0v) is 12.8. The predicted molar refractivity (Wildman–Crippen MR) is 82.0 cm³/mol. The minimum atomic E-state index is -0.117. The van der Waals surface area contributed by atoms with Gasteiger partial charge in [0.2, 0.25) is 5.91 Å². The maximum atomic E-state index is 11.7. The molecule has 1 amide bonds. The lowest BCUT2D eigenvalue weighted by molar-refractivity contribution is -0.117. The van der Waals surface area contributed by atoms with Crippen molar-refractivity contribution in [2.45, 2.75) is 32.7 Å². The summed E-state index contributed by atoms with van der Waals surface area (Å²) >= 11 is 0. The smallest absolute Gasteiger partial charge is 0.244 e. The lowest BCUT2D eigenvalue weighted by atomic mass is 10.2. The van der Waals surface area contributed by atoms with Gasteiger partial charge in [-0.1, -0.05) is 26.0 Å². The first kappa shape index (κ1) is 18.0. The second-order valence-electron chi connectivity index (χ2n) is 4.34. The minimum absolute atomic E-state index is 0.117. The maximum absolute atomic E-state index is 11.7. The molecule has 0 aliphatic rings. The summed E-state index contributed by atoms with van der Waals surface area (Å²) in [5.74, 6) is 0.431. The van der Waals surface area contributed by atoms with Crippen LogP contribution in [0.25, 0.3) is 0 Å². The summed E-state index contributed by atoms with van der Waals surface area (Å²) in [6, 6.07) is 0.177. The number of amides is 1. The summed E-state index contributed by atoms with van der Waals surface area (Å²) in [4.78, 5) is 11.7. The van der Waals surface area contributed by atoms with Crippen molar-refractivity contribution in [3.8, 4) is 0 Å². The van der Waals surface area contributed by atoms with Crippen LogP contribution in [-0.2, 0) is 14.3 Å². The Kier molecular flexibility index (Phi) is 9.83. The minimum Gasteiger partial charge on any atom is -0.501 e. The van der Waals surface area contributed by atoms with E-state index in [1.54, 1.807) is 32.4 Å². The van der Waals surface area contributed by atoms with Gasteiger partial charge in [0.1, 0.15) is 6.26 Å². The van der Waals surface area contributed by atoms with Crippen molar-refractivity contribution in [3.63, 3.8) is 0 Å². The van der Waals surface area contributed by atoms with Crippen molar-refractivity contribution < 1.29 is 14.3 Å². The Morgan fingerprint density at radius 2 is 2.05 bits per heavy atom. The van der Waals surface area contributed by atoms with Crippen LogP contribution in [0.2, 0.25) is 0 Å². The van der Waals surface area contributed by atoms with Gasteiger partial charge in [-0.2, -0.15) is 0 Å². The fourth-order valence-electron chi connectivity index (χ4n) is 1.56. The summed E-state index contributed by atoms with van der Waals surface area (Å²) in [5.41, 5.74) is 0.758. The van der Waals surface area contributed by atoms with Gasteiger partial charge in [0.15, 0.2) is 5.76 Å². The zero-order valence-electron chi connectivity index (χ0n) is 12.8. The van der Waals surface area contributed by atoms with Gasteiger partial charge in [-0.05, 0) is 31.1 Å². The third-order valence-corrected chi connectivity index (χ3v) is 2.55. The normalized spacial score (nSPS) is 14.0. The molecule has 0 aromatic carbocycles. The van der Waals surface area contributed by atoms with Gasteiger partial charge < -0.3 is 14.8 Å². The molecular weight excluding hydrogens is 254 g/mol. The van der Waals surface area contributed by atoms with E-state index in [4.69, 9.17) is 9.47 Å². The van der Waals surface area contributed by atoms with Gasteiger partial charge in [-0.3, -0.25) is 4.79 Å². The highest BCUT2D eigenvalue weighted by atomic mass is 16.5. The molecule has 1 unspecified atom stereocenters. The molecule has 4 nitrogen and oxygen atoms in total. The second kappa shape index (κ2) is 10.9. The highest BCUT2D eigenvalue weighted by Crippen LogP contribution is 2.06. The van der Waals surface area contributed by atoms with Crippen molar-refractivity contribution in [2.24, 2.45) is 0 Å². The first-order chi connectivity index (χ1) is 9.57. The average Bonchev–Trinajstić information content (AvgIpc) is 2.42. The molecule has 0 fully saturated rings. The van der Waals surface area contributed by atoms with E-state index in [-0.39, 0.29) is 11.9 Å². The number of methoxy groups -OCH3 is 2. The van der Waals surface area contributed by atoms with Gasteiger partial charge in [0.25, 0.3) is 0 Å². The van der Waals surface area contributed by atoms with Crippen LogP contribution in [0.3, 0.4) is 0 Å². The molecule has 0 saturated carbocycles. The number of nitrogens with one attached hydrogen (secondary N) is 1. The average molecular weight is 279 g/mol. The molecule has 0 aliphatic heterocycles. The van der Waals surface area contributed by atoms with Crippen LogP contribution in [0.4, 0.5) is 0 Å². The van der Waals surface area contributed by atoms with Crippen molar-refractivity contribution in [3.05, 3.63) is 48.5 Å². The van der Waals surface area contributed by atoms with Crippen LogP contribution < -0.4 is 5.32 Å². The predicted octanol–water partition coefficient (Wildman–Crippen LogP) is 3.09. The van der Waals surface area contributed by atoms with E-state index in [0.29, 0.717) is 5.76 Å². The van der Waals surface area contributed by atoms with Gasteiger partial charge in [-0.25, -0.2) is 0 Å². The lowest BCUT2D eigenvalue weighted by Gasteiger charge is -2.10. The second-order valence-corrected chi connectivity index (χ2v) is 4.34. The molecule has 20 heavy (non-hydrogen) atoms. The summed E-state index contributed by atoms with van der Waals surface area (Å²) in [7, 11) is 3.09. The monoisotopic (exact) mass is 279 g/mol. The number of ether oxygens (including phenoxy) is 2. The molecule has 0 aromatic rings. The van der Waals surface area contributed by atoms with Gasteiger partial charge in [0, 0.05) is 12.1 Å². The first-order valence-corrected chi connectivity index (χ1v) is 6.67. The van der Waals surface area contributed by atoms with Crippen LogP contribution in [-0.4, -0.2) is 26.2 Å². The maximum Gasteiger partial charge on any atom is 0.244 e. The number of hydrogen-bond donors (Lipinski definition) is 1. The van der Waals surface area contributed by atoms with Crippen LogP contribution in [0, 0.1) is 0 Å². The molecule has 0 radical (unpaired) electrons. The molecule has 0 bridgehead atoms. The van der Waals surface area contributed by atoms with E-state index in [2.05, 4.69) is 18.8 Å². The zero-order chi connectivity index (χ0) is 15.4. The number of carbonyl (C=O) groups excluding carboxylic acids is 1. The number of carbonyl (C=O) groups is 1. The summed E-state index contributed by atoms with van der Waals surface area (Å²) in [6.45, 7) is 7.78. The Bertz CT molecular complexity index is 395. The highest BCUT2D eigenvalue weighted by molar-refractivity contribution is 5.88. The summed E-state index contributed by atoms with van der Waals surface area (Å²) in [6.07, 6.45) is 10.0. The highest BCUT2D eigenvalue weighted by Gasteiger charge is 2.02. The summed E-state index contributed by atoms with van der Waals surface area (Å²) < 4.78 is 9.98. The number of rotatable bonds is 9. The largest absolute Gasteiger partial charge is 0.501 e. The molecule has 1 N–H and O–H groups in total. The Labute approximate surface area is 121 Å². The quantitative estimate of drug-likeness (QED) is 0.401. The molecular formula is C16H25NO3. The van der Waals surface area contributed by atoms with E-state index in [9.17, 15) is 4.79 Å². The Morgan fingerprint density at radius 3 is 2.55 bits per heavy atom. The molecule has 0 saturated heterocycles. The molecule has 0 rings (SSSR count). The van der Waals surface area contributed by atoms with E-state index >= 15 is 0 Å². The molecule has 112 valence electrons. The van der Waals surface area contributed by atoms with Crippen LogP contribution in [0.5, 0.6) is 0 Å². The Hall–Kier alpha value is -1.97.